The lowest BCUT2D eigenvalue weighted by molar-refractivity contribution is -0.131. The number of ether oxygens (including phenoxy) is 1. The van der Waals surface area contributed by atoms with Gasteiger partial charge in [0.25, 0.3) is 0 Å². The number of thiophene rings is 1. The number of fused-ring (bicyclic) bond motifs is 1. The van der Waals surface area contributed by atoms with Crippen LogP contribution in [0.5, 0.6) is 0 Å². The van der Waals surface area contributed by atoms with Crippen molar-refractivity contribution >= 4 is 23.2 Å². The maximum Gasteiger partial charge on any atom is 0.359 e. The number of allylic oxidation sites excluding steroid dienone is 1. The highest BCUT2D eigenvalue weighted by Gasteiger charge is 2.30. The first-order valence-electron chi connectivity index (χ1n) is 8.30. The summed E-state index contributed by atoms with van der Waals surface area (Å²) in [5.74, 6) is -0.367. The van der Waals surface area contributed by atoms with Crippen LogP contribution in [0.2, 0.25) is 0 Å². The zero-order chi connectivity index (χ0) is 17.8. The summed E-state index contributed by atoms with van der Waals surface area (Å²) in [5.41, 5.74) is 2.10. The van der Waals surface area contributed by atoms with Crippen molar-refractivity contribution in [3.8, 4) is 0 Å². The molecule has 3 rings (SSSR count). The van der Waals surface area contributed by atoms with Gasteiger partial charge in [-0.1, -0.05) is 12.1 Å². The Morgan fingerprint density at radius 1 is 1.48 bits per heavy atom. The van der Waals surface area contributed by atoms with Gasteiger partial charge in [0.1, 0.15) is 0 Å². The van der Waals surface area contributed by atoms with E-state index < -0.39 is 5.97 Å². The van der Waals surface area contributed by atoms with Crippen molar-refractivity contribution < 1.29 is 14.3 Å². The maximum absolute atomic E-state index is 12.6. The topological polar surface area (TPSA) is 64.4 Å². The Labute approximate surface area is 150 Å². The molecular weight excluding hydrogens is 338 g/mol. The van der Waals surface area contributed by atoms with Crippen molar-refractivity contribution in [3.05, 3.63) is 52.0 Å². The molecule has 0 bridgehead atoms. The zero-order valence-corrected chi connectivity index (χ0v) is 15.1. The molecule has 0 fully saturated rings. The molecule has 2 aromatic rings. The van der Waals surface area contributed by atoms with Gasteiger partial charge in [-0.05, 0) is 18.4 Å². The van der Waals surface area contributed by atoms with Crippen molar-refractivity contribution in [1.29, 1.82) is 0 Å². The Balaban J connectivity index is 1.83. The van der Waals surface area contributed by atoms with E-state index >= 15 is 0 Å². The molecule has 0 spiro atoms. The molecule has 0 saturated heterocycles. The summed E-state index contributed by atoms with van der Waals surface area (Å²) in [6.45, 7) is 7.35. The average Bonchev–Trinajstić information content (AvgIpc) is 3.23. The number of nitrogens with zero attached hydrogens (tertiary/aromatic N) is 3. The van der Waals surface area contributed by atoms with Crippen LogP contribution < -0.4 is 0 Å². The predicted molar refractivity (Wildman–Crippen MR) is 95.5 cm³/mol. The van der Waals surface area contributed by atoms with Gasteiger partial charge in [0.15, 0.2) is 5.69 Å². The highest BCUT2D eigenvalue weighted by molar-refractivity contribution is 7.10. The van der Waals surface area contributed by atoms with Gasteiger partial charge in [0, 0.05) is 35.6 Å². The molecule has 1 aliphatic heterocycles. The minimum absolute atomic E-state index is 0.0689. The summed E-state index contributed by atoms with van der Waals surface area (Å²) in [6.07, 6.45) is 2.81. The highest BCUT2D eigenvalue weighted by atomic mass is 32.1. The number of hydrogen-bond acceptors (Lipinski definition) is 5. The van der Waals surface area contributed by atoms with Crippen LogP contribution in [0.4, 0.5) is 0 Å². The van der Waals surface area contributed by atoms with E-state index in [2.05, 4.69) is 11.7 Å². The minimum Gasteiger partial charge on any atom is -0.461 e. The Hall–Kier alpha value is -2.41. The lowest BCUT2D eigenvalue weighted by Crippen LogP contribution is -2.37. The van der Waals surface area contributed by atoms with Gasteiger partial charge >= 0.3 is 5.97 Å². The van der Waals surface area contributed by atoms with Crippen LogP contribution >= 0.6 is 11.3 Å². The van der Waals surface area contributed by atoms with E-state index in [1.165, 1.54) is 0 Å². The van der Waals surface area contributed by atoms with Gasteiger partial charge in [-0.15, -0.1) is 17.9 Å². The first-order chi connectivity index (χ1) is 12.1. The first-order valence-corrected chi connectivity index (χ1v) is 9.18. The number of carbonyl (C=O) groups excluding carboxylic acids is 2. The predicted octanol–water partition coefficient (Wildman–Crippen LogP) is 2.43. The normalized spacial score (nSPS) is 13.4. The van der Waals surface area contributed by atoms with Gasteiger partial charge in [0.2, 0.25) is 5.91 Å². The molecule has 2 aromatic heterocycles. The summed E-state index contributed by atoms with van der Waals surface area (Å²) in [5, 5.41) is 6.37. The third kappa shape index (κ3) is 3.66. The Kier molecular flexibility index (Phi) is 5.33. The van der Waals surface area contributed by atoms with Crippen molar-refractivity contribution in [3.63, 3.8) is 0 Å². The van der Waals surface area contributed by atoms with Crippen molar-refractivity contribution in [2.45, 2.75) is 32.9 Å². The number of rotatable bonds is 6. The molecule has 7 heteroatoms. The lowest BCUT2D eigenvalue weighted by atomic mass is 10.0. The minimum atomic E-state index is -0.436. The molecular formula is C18H21N3O3S. The molecule has 0 aliphatic carbocycles. The summed E-state index contributed by atoms with van der Waals surface area (Å²) in [6, 6.07) is 3.91. The third-order valence-corrected chi connectivity index (χ3v) is 5.04. The largest absolute Gasteiger partial charge is 0.461 e. The smallest absolute Gasteiger partial charge is 0.359 e. The summed E-state index contributed by atoms with van der Waals surface area (Å²) < 4.78 is 6.91. The van der Waals surface area contributed by atoms with Gasteiger partial charge < -0.3 is 9.64 Å². The molecule has 1 aliphatic rings. The SMILES string of the molecule is C=CCn1nc(C(=O)OCC)c2c1CCN(C(=O)Cc1cccs1)C2. The lowest BCUT2D eigenvalue weighted by Gasteiger charge is -2.27. The molecule has 0 saturated carbocycles. The summed E-state index contributed by atoms with van der Waals surface area (Å²) >= 11 is 1.58. The molecule has 0 aromatic carbocycles. The summed E-state index contributed by atoms with van der Waals surface area (Å²) in [4.78, 5) is 27.7. The van der Waals surface area contributed by atoms with Gasteiger partial charge in [0.05, 0.1) is 19.6 Å². The number of esters is 1. The van der Waals surface area contributed by atoms with Crippen molar-refractivity contribution in [2.75, 3.05) is 13.2 Å². The zero-order valence-electron chi connectivity index (χ0n) is 14.2. The van der Waals surface area contributed by atoms with Crippen LogP contribution in [-0.4, -0.2) is 39.7 Å². The van der Waals surface area contributed by atoms with Gasteiger partial charge in [-0.25, -0.2) is 4.79 Å². The number of amides is 1. The molecule has 3 heterocycles. The standard InChI is InChI=1S/C18H21N3O3S/c1-3-8-21-15-7-9-20(16(22)11-13-6-5-10-25-13)12-14(15)17(19-21)18(23)24-4-2/h3,5-6,10H,1,4,7-9,11-12H2,2H3. The molecule has 6 nitrogen and oxygen atoms in total. The molecule has 0 unspecified atom stereocenters. The second-order valence-electron chi connectivity index (χ2n) is 5.79. The van der Waals surface area contributed by atoms with Crippen LogP contribution in [-0.2, 0) is 35.5 Å². The summed E-state index contributed by atoms with van der Waals surface area (Å²) in [7, 11) is 0. The fourth-order valence-corrected chi connectivity index (χ4v) is 3.71. The second kappa shape index (κ2) is 7.65. The molecule has 1 amide bonds. The van der Waals surface area contributed by atoms with Crippen molar-refractivity contribution in [1.82, 2.24) is 14.7 Å². The van der Waals surface area contributed by atoms with E-state index in [0.717, 1.165) is 16.1 Å². The van der Waals surface area contributed by atoms with E-state index in [-0.39, 0.29) is 5.91 Å². The van der Waals surface area contributed by atoms with E-state index in [1.807, 2.05) is 17.5 Å². The monoisotopic (exact) mass is 359 g/mol. The number of hydrogen-bond donors (Lipinski definition) is 0. The Bertz CT molecular complexity index is 780. The number of aromatic nitrogens is 2. The van der Waals surface area contributed by atoms with E-state index in [4.69, 9.17) is 4.74 Å². The van der Waals surface area contributed by atoms with Gasteiger partial charge in [-0.3, -0.25) is 9.48 Å². The molecule has 0 radical (unpaired) electrons. The highest BCUT2D eigenvalue weighted by Crippen LogP contribution is 2.24. The van der Waals surface area contributed by atoms with E-state index in [9.17, 15) is 9.59 Å². The van der Waals surface area contributed by atoms with Crippen LogP contribution in [0.3, 0.4) is 0 Å². The van der Waals surface area contributed by atoms with Crippen molar-refractivity contribution in [2.24, 2.45) is 0 Å². The maximum atomic E-state index is 12.6. The van der Waals surface area contributed by atoms with E-state index in [1.54, 1.807) is 33.9 Å². The van der Waals surface area contributed by atoms with Crippen LogP contribution in [0.1, 0.15) is 33.5 Å². The molecule has 0 N–H and O–H groups in total. The van der Waals surface area contributed by atoms with Gasteiger partial charge in [-0.2, -0.15) is 5.10 Å². The second-order valence-corrected chi connectivity index (χ2v) is 6.82. The molecule has 132 valence electrons. The van der Waals surface area contributed by atoms with Crippen LogP contribution in [0, 0.1) is 0 Å². The first kappa shape index (κ1) is 17.4. The van der Waals surface area contributed by atoms with Crippen LogP contribution in [0.25, 0.3) is 0 Å². The van der Waals surface area contributed by atoms with E-state index in [0.29, 0.717) is 44.8 Å². The quantitative estimate of drug-likeness (QED) is 0.587. The Morgan fingerprint density at radius 2 is 2.32 bits per heavy atom. The fraction of sp³-hybridized carbons (Fsp3) is 0.389. The Morgan fingerprint density at radius 3 is 3.00 bits per heavy atom. The fourth-order valence-electron chi connectivity index (χ4n) is 3.01. The number of carbonyl (C=O) groups is 2. The molecule has 25 heavy (non-hydrogen) atoms. The van der Waals surface area contributed by atoms with Crippen LogP contribution in [0.15, 0.2) is 30.2 Å². The third-order valence-electron chi connectivity index (χ3n) is 4.16. The molecule has 0 atom stereocenters. The average molecular weight is 359 g/mol.